The number of likely N-dealkylation sites (tertiary alicyclic amines) is 1. The molecule has 7 fully saturated rings. The summed E-state index contributed by atoms with van der Waals surface area (Å²) in [5, 5.41) is 12.9. The molecule has 2 amide bonds. The molecule has 49 heavy (non-hydrogen) atoms. The Balaban J connectivity index is 1.04. The van der Waals surface area contributed by atoms with Crippen molar-refractivity contribution in [2.24, 2.45) is 74.4 Å². The van der Waals surface area contributed by atoms with Crippen molar-refractivity contribution in [3.8, 4) is 0 Å². The molecule has 1 aromatic rings. The first-order valence-corrected chi connectivity index (χ1v) is 19.5. The number of rotatable bonds is 7. The number of carboxylic acids is 1. The van der Waals surface area contributed by atoms with Crippen LogP contribution in [0.4, 0.5) is 0 Å². The van der Waals surface area contributed by atoms with Gasteiger partial charge >= 0.3 is 5.97 Å². The summed E-state index contributed by atoms with van der Waals surface area (Å²) in [6, 6.07) is 7.57. The molecule has 1 spiro atoms. The lowest BCUT2D eigenvalue weighted by Gasteiger charge is -2.75. The van der Waals surface area contributed by atoms with Gasteiger partial charge in [-0.2, -0.15) is 0 Å². The molecule has 4 unspecified atom stereocenters. The molecule has 9 rings (SSSR count). The van der Waals surface area contributed by atoms with Crippen LogP contribution in [0.3, 0.4) is 0 Å². The van der Waals surface area contributed by atoms with Crippen LogP contribution in [-0.2, 0) is 9.59 Å². The van der Waals surface area contributed by atoms with Crippen molar-refractivity contribution in [3.63, 3.8) is 0 Å². The van der Waals surface area contributed by atoms with Crippen molar-refractivity contribution >= 4 is 23.4 Å². The van der Waals surface area contributed by atoms with E-state index in [2.05, 4.69) is 52.6 Å². The summed E-state index contributed by atoms with van der Waals surface area (Å²) in [4.78, 5) is 40.4. The maximum Gasteiger partial charge on any atom is 0.335 e. The molecule has 0 radical (unpaired) electrons. The van der Waals surface area contributed by atoms with Crippen molar-refractivity contribution in [1.29, 1.82) is 0 Å². The summed E-state index contributed by atoms with van der Waals surface area (Å²) in [6.45, 7) is 19.0. The van der Waals surface area contributed by atoms with E-state index in [-0.39, 0.29) is 28.1 Å². The summed E-state index contributed by atoms with van der Waals surface area (Å²) in [7, 11) is 0. The molecule has 1 heterocycles. The maximum atomic E-state index is 14.6. The quantitative estimate of drug-likeness (QED) is 0.291. The van der Waals surface area contributed by atoms with Gasteiger partial charge in [0.1, 0.15) is 0 Å². The summed E-state index contributed by atoms with van der Waals surface area (Å²) in [5.41, 5.74) is 4.77. The van der Waals surface area contributed by atoms with Gasteiger partial charge in [0.15, 0.2) is 0 Å². The number of fused-ring (bicyclic) bond motifs is 6. The minimum absolute atomic E-state index is 0.0158. The summed E-state index contributed by atoms with van der Waals surface area (Å²) >= 11 is 0. The first-order chi connectivity index (χ1) is 23.2. The standard InChI is InChI=1S/C43H56N2O4/c1-24(2)27-15-18-42(38(49)44-19-21-45-20-7-8-34(45)46)23-31-36-30-22-33-39(3,4)28(25-9-11-26(12-10-25)37(47)48)16-17-40(33,5)32-14-13-29(35(27)42)43(31,36)41(30,32)6/h9-12,16,27,29-33,35-36H,1,7-8,13-15,17-23H2,2-6H3,(H,44,49)(H,47,48)/t27-,29+,30-,31?,32?,33?,35?,36-,40+,41+,42-,43-/m0/s1. The van der Waals surface area contributed by atoms with Crippen molar-refractivity contribution in [2.45, 2.75) is 92.4 Å². The highest BCUT2D eigenvalue weighted by atomic mass is 16.4. The molecule has 0 bridgehead atoms. The molecule has 0 aromatic heterocycles. The van der Waals surface area contributed by atoms with Gasteiger partial charge in [-0.25, -0.2) is 4.79 Å². The van der Waals surface area contributed by atoms with E-state index in [1.54, 1.807) is 12.1 Å². The number of hydrogen-bond acceptors (Lipinski definition) is 3. The SMILES string of the molecule is C=C(C)[C@@H]1CC[C@]2(C(=O)NCCN3CCCC3=O)CC3[C@@H]4[C@@H]5CC6C(C)(C)C(c7ccc(C(=O)O)cc7)=CC[C@]6(C)C6CC[C@H](C12)[C@]34[C@@]65C. The van der Waals surface area contributed by atoms with Crippen LogP contribution < -0.4 is 5.32 Å². The number of carboxylic acid groups (broad SMARTS) is 1. The van der Waals surface area contributed by atoms with Crippen LogP contribution in [0, 0.1) is 74.4 Å². The van der Waals surface area contributed by atoms with Gasteiger partial charge in [0.2, 0.25) is 11.8 Å². The van der Waals surface area contributed by atoms with E-state index in [0.29, 0.717) is 77.3 Å². The molecule has 7 aliphatic carbocycles. The van der Waals surface area contributed by atoms with Crippen molar-refractivity contribution < 1.29 is 19.5 Å². The van der Waals surface area contributed by atoms with Crippen molar-refractivity contribution in [1.82, 2.24) is 10.2 Å². The number of amides is 2. The lowest BCUT2D eigenvalue weighted by Crippen LogP contribution is -2.70. The summed E-state index contributed by atoms with van der Waals surface area (Å²) in [5.74, 6) is 4.35. The Bertz CT molecular complexity index is 1690. The third-order valence-electron chi connectivity index (χ3n) is 17.5. The molecule has 262 valence electrons. The highest BCUT2D eigenvalue weighted by Gasteiger charge is 2.94. The van der Waals surface area contributed by atoms with Crippen LogP contribution in [0.1, 0.15) is 108 Å². The Morgan fingerprint density at radius 3 is 2.43 bits per heavy atom. The second kappa shape index (κ2) is 10.1. The Kier molecular flexibility index (Phi) is 6.62. The number of nitrogens with one attached hydrogen (secondary N) is 1. The van der Waals surface area contributed by atoms with E-state index < -0.39 is 5.97 Å². The predicted octanol–water partition coefficient (Wildman–Crippen LogP) is 7.85. The fraction of sp³-hybridized carbons (Fsp3) is 0.698. The first-order valence-electron chi connectivity index (χ1n) is 19.5. The van der Waals surface area contributed by atoms with Crippen LogP contribution >= 0.6 is 0 Å². The molecule has 6 saturated carbocycles. The van der Waals surface area contributed by atoms with Gasteiger partial charge < -0.3 is 15.3 Å². The predicted molar refractivity (Wildman–Crippen MR) is 190 cm³/mol. The molecule has 1 aromatic carbocycles. The zero-order valence-corrected chi connectivity index (χ0v) is 30.3. The largest absolute Gasteiger partial charge is 0.478 e. The Hall–Kier alpha value is -2.89. The second-order valence-electron chi connectivity index (χ2n) is 19.0. The molecule has 6 nitrogen and oxygen atoms in total. The number of benzene rings is 1. The average Bonchev–Trinajstić information content (AvgIpc) is 3.27. The highest BCUT2D eigenvalue weighted by molar-refractivity contribution is 5.88. The summed E-state index contributed by atoms with van der Waals surface area (Å²) in [6.07, 6.45) is 12.0. The number of carbonyl (C=O) groups excluding carboxylic acids is 2. The minimum atomic E-state index is -0.875. The third kappa shape index (κ3) is 3.72. The van der Waals surface area contributed by atoms with E-state index in [1.165, 1.54) is 36.0 Å². The number of allylic oxidation sites excluding steroid dienone is 3. The van der Waals surface area contributed by atoms with Crippen LogP contribution in [0.2, 0.25) is 0 Å². The monoisotopic (exact) mass is 664 g/mol. The molecule has 2 N–H and O–H groups in total. The van der Waals surface area contributed by atoms with Crippen molar-refractivity contribution in [3.05, 3.63) is 53.6 Å². The average molecular weight is 665 g/mol. The zero-order chi connectivity index (χ0) is 34.5. The van der Waals surface area contributed by atoms with E-state index in [4.69, 9.17) is 0 Å². The van der Waals surface area contributed by atoms with E-state index in [0.717, 1.165) is 44.6 Å². The molecule has 8 aliphatic rings. The fourth-order valence-electron chi connectivity index (χ4n) is 16.0. The molecule has 12 atom stereocenters. The van der Waals surface area contributed by atoms with Gasteiger partial charge in [0.25, 0.3) is 0 Å². The number of nitrogens with zero attached hydrogens (tertiary/aromatic N) is 1. The Labute approximate surface area is 292 Å². The molecular formula is C43H56N2O4. The minimum Gasteiger partial charge on any atom is -0.478 e. The van der Waals surface area contributed by atoms with E-state index >= 15 is 0 Å². The highest BCUT2D eigenvalue weighted by Crippen LogP contribution is 2.98. The lowest BCUT2D eigenvalue weighted by molar-refractivity contribution is -0.268. The smallest absolute Gasteiger partial charge is 0.335 e. The first kappa shape index (κ1) is 32.0. The molecule has 6 heteroatoms. The molecule has 1 aliphatic heterocycles. The second-order valence-corrected chi connectivity index (χ2v) is 19.0. The van der Waals surface area contributed by atoms with Crippen LogP contribution in [0.5, 0.6) is 0 Å². The van der Waals surface area contributed by atoms with Crippen LogP contribution in [0.25, 0.3) is 5.57 Å². The van der Waals surface area contributed by atoms with Gasteiger partial charge in [-0.05, 0) is 151 Å². The van der Waals surface area contributed by atoms with Gasteiger partial charge in [0, 0.05) is 26.1 Å². The van der Waals surface area contributed by atoms with Crippen LogP contribution in [0.15, 0.2) is 42.5 Å². The molecular weight excluding hydrogens is 608 g/mol. The van der Waals surface area contributed by atoms with Gasteiger partial charge in [-0.15, -0.1) is 0 Å². The van der Waals surface area contributed by atoms with Gasteiger partial charge in [-0.1, -0.05) is 58.1 Å². The number of carbonyl (C=O) groups is 3. The lowest BCUT2D eigenvalue weighted by atomic mass is 9.29. The number of aromatic carboxylic acids is 1. The zero-order valence-electron chi connectivity index (χ0n) is 30.3. The topological polar surface area (TPSA) is 86.7 Å². The molecule has 1 saturated heterocycles. The third-order valence-corrected chi connectivity index (χ3v) is 17.5. The maximum absolute atomic E-state index is 14.6. The van der Waals surface area contributed by atoms with Gasteiger partial charge in [-0.3, -0.25) is 9.59 Å². The normalized spacial score (nSPS) is 46.3. The van der Waals surface area contributed by atoms with Gasteiger partial charge in [0.05, 0.1) is 11.0 Å². The van der Waals surface area contributed by atoms with Crippen molar-refractivity contribution in [2.75, 3.05) is 19.6 Å². The fourth-order valence-corrected chi connectivity index (χ4v) is 16.0. The Morgan fingerprint density at radius 2 is 1.76 bits per heavy atom. The Morgan fingerprint density at radius 1 is 1.00 bits per heavy atom. The van der Waals surface area contributed by atoms with E-state index in [9.17, 15) is 19.5 Å². The number of hydrogen-bond donors (Lipinski definition) is 2. The van der Waals surface area contributed by atoms with E-state index in [1.807, 2.05) is 17.0 Å². The van der Waals surface area contributed by atoms with Crippen LogP contribution in [-0.4, -0.2) is 47.4 Å². The summed E-state index contributed by atoms with van der Waals surface area (Å²) < 4.78 is 0.